The molecule has 4 aromatic rings. The van der Waals surface area contributed by atoms with E-state index in [0.29, 0.717) is 18.8 Å². The summed E-state index contributed by atoms with van der Waals surface area (Å²) in [5, 5.41) is 15.3. The monoisotopic (exact) mass is 516 g/mol. The van der Waals surface area contributed by atoms with Gasteiger partial charge >= 0.3 is 0 Å². The number of benzene rings is 3. The highest BCUT2D eigenvalue weighted by molar-refractivity contribution is 6.32. The van der Waals surface area contributed by atoms with E-state index in [1.807, 2.05) is 49.4 Å². The molecule has 37 heavy (non-hydrogen) atoms. The molecule has 1 aromatic heterocycles. The number of phenols is 1. The van der Waals surface area contributed by atoms with Crippen LogP contribution in [0, 0.1) is 0 Å². The molecule has 0 saturated heterocycles. The summed E-state index contributed by atoms with van der Waals surface area (Å²) in [4.78, 5) is 30.9. The number of amides is 2. The lowest BCUT2D eigenvalue weighted by Gasteiger charge is -2.21. The second-order valence-corrected chi connectivity index (χ2v) is 8.52. The molecular weight excluding hydrogens is 492 g/mol. The number of hydrogen-bond acceptors (Lipinski definition) is 6. The highest BCUT2D eigenvalue weighted by Gasteiger charge is 2.14. The van der Waals surface area contributed by atoms with Crippen LogP contribution in [0.25, 0.3) is 10.8 Å². The van der Waals surface area contributed by atoms with Gasteiger partial charge in [-0.1, -0.05) is 35.9 Å². The fourth-order valence-corrected chi connectivity index (χ4v) is 3.90. The number of hydrogen-bond donors (Lipinski definition) is 2. The Labute approximate surface area is 219 Å². The Morgan fingerprint density at radius 1 is 1.08 bits per heavy atom. The maximum Gasteiger partial charge on any atom is 0.271 e. The number of carbonyl (C=O) groups excluding carboxylic acids is 2. The zero-order valence-electron chi connectivity index (χ0n) is 20.1. The van der Waals surface area contributed by atoms with Crippen molar-refractivity contribution in [2.45, 2.75) is 13.5 Å². The maximum absolute atomic E-state index is 12.8. The summed E-state index contributed by atoms with van der Waals surface area (Å²) in [5.74, 6) is -0.114. The number of aromatic nitrogens is 1. The van der Waals surface area contributed by atoms with E-state index in [-0.39, 0.29) is 28.8 Å². The van der Waals surface area contributed by atoms with Crippen LogP contribution in [0.1, 0.15) is 28.4 Å². The van der Waals surface area contributed by atoms with Crippen molar-refractivity contribution in [2.24, 2.45) is 5.10 Å². The van der Waals surface area contributed by atoms with Gasteiger partial charge in [-0.05, 0) is 60.3 Å². The number of halogens is 1. The van der Waals surface area contributed by atoms with Crippen LogP contribution in [0.3, 0.4) is 0 Å². The summed E-state index contributed by atoms with van der Waals surface area (Å²) >= 11 is 5.87. The SMILES string of the molecule is CCN(Cc1ccncc1)C(=O)COc1ccc(/C=N/NC(=O)c2ccc(O)c(Cl)c2)c2ccccc12. The lowest BCUT2D eigenvalue weighted by molar-refractivity contribution is -0.133. The van der Waals surface area contributed by atoms with Gasteiger partial charge in [-0.25, -0.2) is 5.43 Å². The predicted molar refractivity (Wildman–Crippen MR) is 143 cm³/mol. The first kappa shape index (κ1) is 25.7. The van der Waals surface area contributed by atoms with Crippen molar-refractivity contribution in [2.75, 3.05) is 13.2 Å². The van der Waals surface area contributed by atoms with Gasteiger partial charge in [0, 0.05) is 42.0 Å². The van der Waals surface area contributed by atoms with Gasteiger partial charge in [0.15, 0.2) is 6.61 Å². The number of ether oxygens (including phenoxy) is 1. The van der Waals surface area contributed by atoms with Gasteiger partial charge in [-0.15, -0.1) is 0 Å². The summed E-state index contributed by atoms with van der Waals surface area (Å²) in [6, 6.07) is 19.1. The van der Waals surface area contributed by atoms with E-state index in [1.54, 1.807) is 23.4 Å². The van der Waals surface area contributed by atoms with Crippen LogP contribution in [0.5, 0.6) is 11.5 Å². The van der Waals surface area contributed by atoms with Crippen LogP contribution in [0.15, 0.2) is 84.2 Å². The number of carbonyl (C=O) groups is 2. The number of likely N-dealkylation sites (N-methyl/N-ethyl adjacent to an activating group) is 1. The Morgan fingerprint density at radius 3 is 2.57 bits per heavy atom. The molecule has 0 spiro atoms. The van der Waals surface area contributed by atoms with E-state index in [0.717, 1.165) is 21.9 Å². The molecule has 8 nitrogen and oxygen atoms in total. The molecule has 2 amide bonds. The summed E-state index contributed by atoms with van der Waals surface area (Å²) in [6.07, 6.45) is 4.94. The standard InChI is InChI=1S/C28H25ClN4O4/c1-2-33(17-19-11-13-30-14-12-19)27(35)18-37-26-10-8-21(22-5-3-4-6-23(22)26)16-31-32-28(36)20-7-9-25(34)24(29)15-20/h3-16,34H,2,17-18H2,1H3,(H,32,36)/b31-16+. The highest BCUT2D eigenvalue weighted by Crippen LogP contribution is 2.28. The Balaban J connectivity index is 1.44. The molecule has 9 heteroatoms. The van der Waals surface area contributed by atoms with Crippen LogP contribution >= 0.6 is 11.6 Å². The van der Waals surface area contributed by atoms with E-state index in [9.17, 15) is 14.7 Å². The Hall–Kier alpha value is -4.43. The van der Waals surface area contributed by atoms with Gasteiger partial charge in [0.1, 0.15) is 11.5 Å². The smallest absolute Gasteiger partial charge is 0.271 e. The first-order valence-electron chi connectivity index (χ1n) is 11.6. The fourth-order valence-electron chi connectivity index (χ4n) is 3.72. The molecule has 1 heterocycles. The first-order valence-corrected chi connectivity index (χ1v) is 12.0. The van der Waals surface area contributed by atoms with Crippen LogP contribution in [-0.2, 0) is 11.3 Å². The zero-order chi connectivity index (χ0) is 26.2. The minimum atomic E-state index is -0.465. The van der Waals surface area contributed by atoms with E-state index >= 15 is 0 Å². The Morgan fingerprint density at radius 2 is 1.84 bits per heavy atom. The van der Waals surface area contributed by atoms with E-state index in [1.165, 1.54) is 24.4 Å². The molecule has 188 valence electrons. The van der Waals surface area contributed by atoms with Crippen molar-refractivity contribution in [1.29, 1.82) is 0 Å². The topological polar surface area (TPSA) is 104 Å². The molecule has 0 atom stereocenters. The lowest BCUT2D eigenvalue weighted by Crippen LogP contribution is -2.34. The van der Waals surface area contributed by atoms with Gasteiger partial charge < -0.3 is 14.7 Å². The summed E-state index contributed by atoms with van der Waals surface area (Å²) in [5.41, 5.74) is 4.48. The molecule has 0 aliphatic heterocycles. The van der Waals surface area contributed by atoms with Gasteiger partial charge in [-0.2, -0.15) is 5.10 Å². The summed E-state index contributed by atoms with van der Waals surface area (Å²) in [6.45, 7) is 2.88. The predicted octanol–water partition coefficient (Wildman–Crippen LogP) is 4.79. The molecule has 0 aliphatic carbocycles. The molecule has 0 radical (unpaired) electrons. The van der Waals surface area contributed by atoms with Crippen LogP contribution in [0.4, 0.5) is 0 Å². The molecule has 0 saturated carbocycles. The van der Waals surface area contributed by atoms with Crippen molar-refractivity contribution < 1.29 is 19.4 Å². The maximum atomic E-state index is 12.8. The molecule has 2 N–H and O–H groups in total. The fraction of sp³-hybridized carbons (Fsp3) is 0.143. The van der Waals surface area contributed by atoms with Crippen LogP contribution in [0.2, 0.25) is 5.02 Å². The number of aromatic hydroxyl groups is 1. The number of nitrogens with one attached hydrogen (secondary N) is 1. The van der Waals surface area contributed by atoms with Crippen molar-refractivity contribution >= 4 is 40.4 Å². The third-order valence-electron chi connectivity index (χ3n) is 5.71. The molecule has 0 bridgehead atoms. The minimum Gasteiger partial charge on any atom is -0.506 e. The molecular formula is C28H25ClN4O4. The number of fused-ring (bicyclic) bond motifs is 1. The average molecular weight is 517 g/mol. The second kappa shape index (κ2) is 12.0. The first-order chi connectivity index (χ1) is 18.0. The van der Waals surface area contributed by atoms with Gasteiger partial charge in [0.05, 0.1) is 11.2 Å². The molecule has 4 rings (SSSR count). The second-order valence-electron chi connectivity index (χ2n) is 8.12. The molecule has 0 fully saturated rings. The Kier molecular flexibility index (Phi) is 8.33. The molecule has 0 unspecified atom stereocenters. The minimum absolute atomic E-state index is 0.0797. The number of rotatable bonds is 9. The van der Waals surface area contributed by atoms with Crippen molar-refractivity contribution in [3.05, 3.63) is 101 Å². The average Bonchev–Trinajstić information content (AvgIpc) is 2.92. The molecule has 3 aromatic carbocycles. The zero-order valence-corrected chi connectivity index (χ0v) is 20.9. The van der Waals surface area contributed by atoms with Gasteiger partial charge in [0.2, 0.25) is 0 Å². The van der Waals surface area contributed by atoms with E-state index in [4.69, 9.17) is 16.3 Å². The number of phenolic OH excluding ortho intramolecular Hbond substituents is 1. The lowest BCUT2D eigenvalue weighted by atomic mass is 10.0. The van der Waals surface area contributed by atoms with Gasteiger partial charge in [-0.3, -0.25) is 14.6 Å². The number of hydrazone groups is 1. The van der Waals surface area contributed by atoms with Crippen LogP contribution < -0.4 is 10.2 Å². The largest absolute Gasteiger partial charge is 0.506 e. The van der Waals surface area contributed by atoms with Crippen LogP contribution in [-0.4, -0.2) is 46.2 Å². The molecule has 0 aliphatic rings. The van der Waals surface area contributed by atoms with Gasteiger partial charge in [0.25, 0.3) is 11.8 Å². The quantitative estimate of drug-likeness (QED) is 0.246. The van der Waals surface area contributed by atoms with E-state index < -0.39 is 5.91 Å². The third kappa shape index (κ3) is 6.42. The highest BCUT2D eigenvalue weighted by atomic mass is 35.5. The normalized spacial score (nSPS) is 11.0. The summed E-state index contributed by atoms with van der Waals surface area (Å²) in [7, 11) is 0. The number of pyridine rings is 1. The Bertz CT molecular complexity index is 1440. The van der Waals surface area contributed by atoms with Crippen molar-refractivity contribution in [3.63, 3.8) is 0 Å². The third-order valence-corrected chi connectivity index (χ3v) is 6.01. The van der Waals surface area contributed by atoms with Crippen molar-refractivity contribution in [3.8, 4) is 11.5 Å². The van der Waals surface area contributed by atoms with E-state index in [2.05, 4.69) is 15.5 Å². The summed E-state index contributed by atoms with van der Waals surface area (Å²) < 4.78 is 5.93. The van der Waals surface area contributed by atoms with Crippen molar-refractivity contribution in [1.82, 2.24) is 15.3 Å². The number of nitrogens with zero attached hydrogens (tertiary/aromatic N) is 3.